The first-order valence-corrected chi connectivity index (χ1v) is 8.33. The van der Waals surface area contributed by atoms with Crippen LogP contribution in [0, 0.1) is 10.1 Å². The molecule has 146 valence electrons. The Morgan fingerprint density at radius 3 is 2.36 bits per heavy atom. The van der Waals surface area contributed by atoms with Gasteiger partial charge in [-0.25, -0.2) is 0 Å². The molecule has 0 N–H and O–H groups in total. The standard InChI is InChI=1S/C20H20N2O6/c1-21(2)11-16(18(23)13-28-12-14-7-4-3-5-8-14)19-15(20(24)25)9-6-10-17(19)22(26)27/h3-11H,12-13H2,1-2H3,(H,24,25)/p-1/b16-11+. The molecule has 2 aromatic rings. The van der Waals surface area contributed by atoms with E-state index in [0.717, 1.165) is 11.6 Å². The number of rotatable bonds is 9. The van der Waals surface area contributed by atoms with Crippen LogP contribution in [0.3, 0.4) is 0 Å². The number of ketones is 1. The van der Waals surface area contributed by atoms with Crippen molar-refractivity contribution in [1.82, 2.24) is 4.90 Å². The van der Waals surface area contributed by atoms with E-state index in [4.69, 9.17) is 4.74 Å². The molecule has 0 fully saturated rings. The highest BCUT2D eigenvalue weighted by molar-refractivity contribution is 6.24. The summed E-state index contributed by atoms with van der Waals surface area (Å²) in [4.78, 5) is 36.4. The molecule has 0 bridgehead atoms. The van der Waals surface area contributed by atoms with Crippen LogP contribution in [0.2, 0.25) is 0 Å². The van der Waals surface area contributed by atoms with E-state index in [-0.39, 0.29) is 24.4 Å². The van der Waals surface area contributed by atoms with Crippen LogP contribution in [0.25, 0.3) is 5.57 Å². The van der Waals surface area contributed by atoms with E-state index in [0.29, 0.717) is 0 Å². The van der Waals surface area contributed by atoms with Gasteiger partial charge in [0.1, 0.15) is 6.61 Å². The number of aromatic carboxylic acids is 1. The van der Waals surface area contributed by atoms with Crippen molar-refractivity contribution in [3.8, 4) is 0 Å². The second-order valence-electron chi connectivity index (χ2n) is 6.15. The number of nitro groups is 1. The maximum atomic E-state index is 12.8. The van der Waals surface area contributed by atoms with E-state index in [1.165, 1.54) is 23.2 Å². The maximum Gasteiger partial charge on any atom is 0.278 e. The Balaban J connectivity index is 2.38. The molecule has 0 saturated carbocycles. The first-order valence-electron chi connectivity index (χ1n) is 8.33. The van der Waals surface area contributed by atoms with Crippen molar-refractivity contribution in [2.24, 2.45) is 0 Å². The van der Waals surface area contributed by atoms with Crippen LogP contribution in [0.1, 0.15) is 21.5 Å². The lowest BCUT2D eigenvalue weighted by Gasteiger charge is -2.16. The molecule has 0 aliphatic rings. The van der Waals surface area contributed by atoms with E-state index < -0.39 is 27.9 Å². The fourth-order valence-corrected chi connectivity index (χ4v) is 2.59. The average Bonchev–Trinajstić information content (AvgIpc) is 2.66. The Morgan fingerprint density at radius 2 is 1.79 bits per heavy atom. The van der Waals surface area contributed by atoms with Gasteiger partial charge in [0.25, 0.3) is 5.69 Å². The van der Waals surface area contributed by atoms with Gasteiger partial charge in [-0.1, -0.05) is 42.5 Å². The van der Waals surface area contributed by atoms with Gasteiger partial charge >= 0.3 is 0 Å². The summed E-state index contributed by atoms with van der Waals surface area (Å²) < 4.78 is 5.42. The van der Waals surface area contributed by atoms with Crippen LogP contribution < -0.4 is 5.11 Å². The number of carbonyl (C=O) groups is 2. The molecule has 0 aromatic heterocycles. The minimum atomic E-state index is -1.61. The van der Waals surface area contributed by atoms with Crippen molar-refractivity contribution in [1.29, 1.82) is 0 Å². The minimum absolute atomic E-state index is 0.135. The Bertz CT molecular complexity index is 874. The third-order valence-corrected chi connectivity index (χ3v) is 3.76. The quantitative estimate of drug-likeness (QED) is 0.367. The van der Waals surface area contributed by atoms with Gasteiger partial charge in [-0.15, -0.1) is 0 Å². The molecule has 8 nitrogen and oxygen atoms in total. The lowest BCUT2D eigenvalue weighted by atomic mass is 9.95. The zero-order valence-corrected chi connectivity index (χ0v) is 15.5. The highest BCUT2D eigenvalue weighted by Crippen LogP contribution is 2.30. The van der Waals surface area contributed by atoms with Gasteiger partial charge in [0, 0.05) is 31.9 Å². The molecular formula is C20H19N2O6-. The summed E-state index contributed by atoms with van der Waals surface area (Å²) in [6.07, 6.45) is 1.34. The topological polar surface area (TPSA) is 113 Å². The van der Waals surface area contributed by atoms with Gasteiger partial charge in [-0.05, 0) is 5.56 Å². The fraction of sp³-hybridized carbons (Fsp3) is 0.200. The summed E-state index contributed by atoms with van der Waals surface area (Å²) in [5.41, 5.74) is -0.501. The average molecular weight is 383 g/mol. The van der Waals surface area contributed by atoms with Crippen molar-refractivity contribution < 1.29 is 24.4 Å². The number of nitro benzene ring substituents is 1. The second kappa shape index (κ2) is 9.43. The van der Waals surface area contributed by atoms with Crippen molar-refractivity contribution >= 4 is 23.0 Å². The summed E-state index contributed by atoms with van der Waals surface area (Å²) >= 11 is 0. The number of hydrogen-bond donors (Lipinski definition) is 0. The second-order valence-corrected chi connectivity index (χ2v) is 6.15. The Labute approximate surface area is 161 Å². The van der Waals surface area contributed by atoms with Gasteiger partial charge in [-0.3, -0.25) is 14.9 Å². The third kappa shape index (κ3) is 5.24. The first-order chi connectivity index (χ1) is 13.3. The number of ether oxygens (including phenoxy) is 1. The summed E-state index contributed by atoms with van der Waals surface area (Å²) in [6.45, 7) is -0.195. The number of Topliss-reactive ketones (excluding diaryl/α,β-unsaturated/α-hetero) is 1. The molecule has 0 radical (unpaired) electrons. The van der Waals surface area contributed by atoms with Crippen molar-refractivity contribution in [3.63, 3.8) is 0 Å². The van der Waals surface area contributed by atoms with Crippen LogP contribution >= 0.6 is 0 Å². The zero-order valence-electron chi connectivity index (χ0n) is 15.5. The predicted octanol–water partition coefficient (Wildman–Crippen LogP) is 1.65. The number of carboxylic acids is 1. The molecule has 0 amide bonds. The first kappa shape index (κ1) is 20.8. The highest BCUT2D eigenvalue weighted by atomic mass is 16.6. The molecule has 0 atom stereocenters. The Morgan fingerprint density at radius 1 is 1.11 bits per heavy atom. The van der Waals surface area contributed by atoms with E-state index in [2.05, 4.69) is 0 Å². The summed E-state index contributed by atoms with van der Waals surface area (Å²) in [5, 5.41) is 22.9. The number of carboxylic acid groups (broad SMARTS) is 1. The molecule has 0 heterocycles. The number of carbonyl (C=O) groups excluding carboxylic acids is 2. The Kier molecular flexibility index (Phi) is 7.00. The van der Waals surface area contributed by atoms with Crippen LogP contribution in [0.4, 0.5) is 5.69 Å². The van der Waals surface area contributed by atoms with Gasteiger partial charge in [0.05, 0.1) is 28.6 Å². The van der Waals surface area contributed by atoms with Crippen LogP contribution in [-0.2, 0) is 16.1 Å². The van der Waals surface area contributed by atoms with E-state index >= 15 is 0 Å². The smallest absolute Gasteiger partial charge is 0.278 e. The van der Waals surface area contributed by atoms with Gasteiger partial charge in [0.2, 0.25) is 0 Å². The molecule has 8 heteroatoms. The van der Waals surface area contributed by atoms with Crippen molar-refractivity contribution in [2.45, 2.75) is 6.61 Å². The van der Waals surface area contributed by atoms with Crippen molar-refractivity contribution in [3.05, 3.63) is 81.5 Å². The normalized spacial score (nSPS) is 11.1. The Hall–Kier alpha value is -3.52. The summed E-state index contributed by atoms with van der Waals surface area (Å²) in [6, 6.07) is 12.7. The number of nitrogens with zero attached hydrogens (tertiary/aromatic N) is 2. The number of benzene rings is 2. The minimum Gasteiger partial charge on any atom is -0.545 e. The van der Waals surface area contributed by atoms with Crippen LogP contribution in [0.5, 0.6) is 0 Å². The molecule has 2 rings (SSSR count). The lowest BCUT2D eigenvalue weighted by Crippen LogP contribution is -2.25. The SMILES string of the molecule is CN(C)/C=C(\C(=O)COCc1ccccc1)c1c(C(=O)[O-])cccc1[N+](=O)[O-]. The van der Waals surface area contributed by atoms with Crippen LogP contribution in [-0.4, -0.2) is 42.3 Å². The van der Waals surface area contributed by atoms with E-state index in [1.54, 1.807) is 14.1 Å². The summed E-state index contributed by atoms with van der Waals surface area (Å²) in [5.74, 6) is -2.19. The number of hydrogen-bond acceptors (Lipinski definition) is 7. The molecule has 0 aliphatic carbocycles. The molecule has 28 heavy (non-hydrogen) atoms. The fourth-order valence-electron chi connectivity index (χ4n) is 2.59. The third-order valence-electron chi connectivity index (χ3n) is 3.76. The van der Waals surface area contributed by atoms with E-state index in [1.807, 2.05) is 30.3 Å². The van der Waals surface area contributed by atoms with Gasteiger partial charge in [0.15, 0.2) is 5.78 Å². The molecular weight excluding hydrogens is 364 g/mol. The monoisotopic (exact) mass is 383 g/mol. The van der Waals surface area contributed by atoms with Crippen LogP contribution in [0.15, 0.2) is 54.7 Å². The molecule has 0 spiro atoms. The molecule has 0 saturated heterocycles. The van der Waals surface area contributed by atoms with Gasteiger partial charge in [-0.2, -0.15) is 0 Å². The molecule has 0 unspecified atom stereocenters. The van der Waals surface area contributed by atoms with Gasteiger partial charge < -0.3 is 19.5 Å². The zero-order chi connectivity index (χ0) is 20.7. The summed E-state index contributed by atoms with van der Waals surface area (Å²) in [7, 11) is 3.23. The molecule has 2 aromatic carbocycles. The predicted molar refractivity (Wildman–Crippen MR) is 100 cm³/mol. The van der Waals surface area contributed by atoms with E-state index in [9.17, 15) is 24.8 Å². The largest absolute Gasteiger partial charge is 0.545 e. The highest BCUT2D eigenvalue weighted by Gasteiger charge is 2.26. The maximum absolute atomic E-state index is 12.8. The lowest BCUT2D eigenvalue weighted by molar-refractivity contribution is -0.385. The molecule has 0 aliphatic heterocycles. The van der Waals surface area contributed by atoms with Crippen molar-refractivity contribution in [2.75, 3.05) is 20.7 Å².